The number of hydrogen-bond donors (Lipinski definition) is 2. The van der Waals surface area contributed by atoms with Crippen molar-refractivity contribution in [2.75, 3.05) is 22.9 Å². The minimum atomic E-state index is -0.853. The number of aliphatic carboxylic acids is 1. The quantitative estimate of drug-likeness (QED) is 0.756. The third-order valence-corrected chi connectivity index (χ3v) is 4.83. The van der Waals surface area contributed by atoms with Crippen LogP contribution in [0.25, 0.3) is 0 Å². The van der Waals surface area contributed by atoms with Gasteiger partial charge in [-0.05, 0) is 24.6 Å². The first-order chi connectivity index (χ1) is 11.9. The van der Waals surface area contributed by atoms with Gasteiger partial charge in [-0.1, -0.05) is 12.1 Å². The van der Waals surface area contributed by atoms with E-state index in [-0.39, 0.29) is 18.7 Å². The third-order valence-electron chi connectivity index (χ3n) is 3.85. The lowest BCUT2D eigenvalue weighted by molar-refractivity contribution is -0.136. The number of carboxylic acids is 1. The highest BCUT2D eigenvalue weighted by Crippen LogP contribution is 2.31. The fourth-order valence-corrected chi connectivity index (χ4v) is 3.68. The predicted octanol–water partition coefficient (Wildman–Crippen LogP) is 1.68. The summed E-state index contributed by atoms with van der Waals surface area (Å²) in [6.07, 6.45) is 0.238. The van der Waals surface area contributed by atoms with Crippen LogP contribution in [0.2, 0.25) is 0 Å². The number of carbonyl (C=O) groups excluding carboxylic acids is 1. The maximum absolute atomic E-state index is 12.2. The van der Waals surface area contributed by atoms with Crippen molar-refractivity contribution >= 4 is 35.3 Å². The normalized spacial score (nSPS) is 13.2. The van der Waals surface area contributed by atoms with Crippen molar-refractivity contribution in [1.82, 2.24) is 9.97 Å². The number of nitrogen functional groups attached to an aromatic ring is 1. The van der Waals surface area contributed by atoms with Crippen molar-refractivity contribution in [2.24, 2.45) is 0 Å². The molecule has 130 valence electrons. The molecule has 1 aromatic carbocycles. The monoisotopic (exact) mass is 358 g/mol. The van der Waals surface area contributed by atoms with Crippen molar-refractivity contribution in [3.8, 4) is 0 Å². The molecule has 0 fully saturated rings. The van der Waals surface area contributed by atoms with Crippen molar-refractivity contribution in [3.63, 3.8) is 0 Å². The highest BCUT2D eigenvalue weighted by molar-refractivity contribution is 7.99. The Morgan fingerprint density at radius 3 is 2.96 bits per heavy atom. The van der Waals surface area contributed by atoms with E-state index >= 15 is 0 Å². The van der Waals surface area contributed by atoms with Crippen LogP contribution in [-0.4, -0.2) is 39.2 Å². The number of aromatic nitrogens is 2. The first-order valence-corrected chi connectivity index (χ1v) is 8.79. The highest BCUT2D eigenvalue weighted by Gasteiger charge is 2.31. The van der Waals surface area contributed by atoms with E-state index in [1.165, 1.54) is 0 Å². The zero-order valence-electron chi connectivity index (χ0n) is 13.7. The van der Waals surface area contributed by atoms with Crippen molar-refractivity contribution in [2.45, 2.75) is 24.7 Å². The number of carboxylic acid groups (broad SMARTS) is 1. The average Bonchev–Trinajstić information content (AvgIpc) is 2.84. The smallest absolute Gasteiger partial charge is 0.307 e. The van der Waals surface area contributed by atoms with Crippen LogP contribution in [0.5, 0.6) is 0 Å². The van der Waals surface area contributed by atoms with Crippen LogP contribution in [0, 0.1) is 6.92 Å². The molecule has 1 aliphatic rings. The average molecular weight is 358 g/mol. The Balaban J connectivity index is 1.66. The second-order valence-electron chi connectivity index (χ2n) is 5.75. The van der Waals surface area contributed by atoms with Crippen LogP contribution in [0.1, 0.15) is 17.0 Å². The van der Waals surface area contributed by atoms with Gasteiger partial charge in [0, 0.05) is 22.8 Å². The molecule has 25 heavy (non-hydrogen) atoms. The number of hydrogen-bond acceptors (Lipinski definition) is 6. The number of thioether (sulfide) groups is 1. The zero-order chi connectivity index (χ0) is 18.0. The molecule has 7 nitrogen and oxygen atoms in total. The molecule has 3 rings (SSSR count). The molecule has 0 spiro atoms. The summed E-state index contributed by atoms with van der Waals surface area (Å²) in [5.41, 5.74) is 7.35. The summed E-state index contributed by atoms with van der Waals surface area (Å²) in [6.45, 7) is 2.26. The molecule has 0 atom stereocenters. The van der Waals surface area contributed by atoms with Gasteiger partial charge in [0.05, 0.1) is 12.8 Å². The first-order valence-electron chi connectivity index (χ1n) is 7.81. The van der Waals surface area contributed by atoms with Gasteiger partial charge in [0.1, 0.15) is 17.5 Å². The van der Waals surface area contributed by atoms with E-state index in [4.69, 9.17) is 10.8 Å². The van der Waals surface area contributed by atoms with Crippen molar-refractivity contribution in [3.05, 3.63) is 41.2 Å². The van der Waals surface area contributed by atoms with E-state index < -0.39 is 5.97 Å². The number of anilines is 2. The van der Waals surface area contributed by atoms with Gasteiger partial charge in [-0.25, -0.2) is 9.97 Å². The number of nitrogens with zero attached hydrogens (tertiary/aromatic N) is 3. The summed E-state index contributed by atoms with van der Waals surface area (Å²) >= 11 is 1.57. The fraction of sp³-hybridized carbons (Fsp3) is 0.294. The summed E-state index contributed by atoms with van der Waals surface area (Å²) in [5, 5.41) is 8.87. The topological polar surface area (TPSA) is 109 Å². The Morgan fingerprint density at radius 1 is 1.40 bits per heavy atom. The van der Waals surface area contributed by atoms with E-state index in [9.17, 15) is 9.59 Å². The summed E-state index contributed by atoms with van der Waals surface area (Å²) in [5.74, 6) is 1.31. The lowest BCUT2D eigenvalue weighted by Crippen LogP contribution is -2.29. The molecule has 2 aromatic rings. The van der Waals surface area contributed by atoms with Gasteiger partial charge >= 0.3 is 5.97 Å². The van der Waals surface area contributed by atoms with Gasteiger partial charge < -0.3 is 10.8 Å². The molecular formula is C17H18N4O3S. The van der Waals surface area contributed by atoms with Crippen LogP contribution in [-0.2, 0) is 22.4 Å². The van der Waals surface area contributed by atoms with E-state index in [1.807, 2.05) is 18.2 Å². The van der Waals surface area contributed by atoms with E-state index in [1.54, 1.807) is 29.7 Å². The molecule has 0 bridgehead atoms. The van der Waals surface area contributed by atoms with Crippen molar-refractivity contribution in [1.29, 1.82) is 0 Å². The molecule has 0 aliphatic carbocycles. The first kappa shape index (κ1) is 17.2. The molecule has 0 unspecified atom stereocenters. The van der Waals surface area contributed by atoms with Gasteiger partial charge in [-0.15, -0.1) is 11.8 Å². The van der Waals surface area contributed by atoms with Crippen LogP contribution in [0.4, 0.5) is 11.6 Å². The molecule has 1 amide bonds. The minimum absolute atomic E-state index is 0.00185. The number of nitrogens with two attached hydrogens (primary N) is 1. The lowest BCUT2D eigenvalue weighted by atomic mass is 10.2. The molecule has 8 heteroatoms. The Labute approximate surface area is 149 Å². The SMILES string of the molecule is Cc1nc(N)c2c(n1)N(CCSc1cccc(CC(=O)O)c1)C(=O)C2. The molecule has 1 aromatic heterocycles. The molecule has 2 heterocycles. The molecule has 0 saturated heterocycles. The maximum Gasteiger partial charge on any atom is 0.307 e. The number of fused-ring (bicyclic) bond motifs is 1. The number of carbonyl (C=O) groups is 2. The molecule has 0 radical (unpaired) electrons. The van der Waals surface area contributed by atoms with Gasteiger partial charge in [0.15, 0.2) is 0 Å². The standard InChI is InChI=1S/C17H18N4O3S/c1-10-19-16(18)13-9-14(22)21(17(13)20-10)5-6-25-12-4-2-3-11(7-12)8-15(23)24/h2-4,7H,5-6,8-9H2,1H3,(H,23,24)(H2,18,19,20). The minimum Gasteiger partial charge on any atom is -0.481 e. The Bertz CT molecular complexity index is 841. The van der Waals surface area contributed by atoms with E-state index in [0.29, 0.717) is 35.3 Å². The van der Waals surface area contributed by atoms with Crippen LogP contribution in [0.15, 0.2) is 29.2 Å². The Hall–Kier alpha value is -2.61. The van der Waals surface area contributed by atoms with E-state index in [0.717, 1.165) is 10.5 Å². The zero-order valence-corrected chi connectivity index (χ0v) is 14.5. The van der Waals surface area contributed by atoms with Crippen LogP contribution >= 0.6 is 11.8 Å². The fourth-order valence-electron chi connectivity index (χ4n) is 2.76. The summed E-state index contributed by atoms with van der Waals surface area (Å²) in [6, 6.07) is 7.43. The number of benzene rings is 1. The van der Waals surface area contributed by atoms with E-state index in [2.05, 4.69) is 9.97 Å². The molecular weight excluding hydrogens is 340 g/mol. The predicted molar refractivity (Wildman–Crippen MR) is 95.7 cm³/mol. The summed E-state index contributed by atoms with van der Waals surface area (Å²) < 4.78 is 0. The van der Waals surface area contributed by atoms with Gasteiger partial charge in [0.25, 0.3) is 0 Å². The summed E-state index contributed by atoms with van der Waals surface area (Å²) in [7, 11) is 0. The summed E-state index contributed by atoms with van der Waals surface area (Å²) in [4.78, 5) is 34.1. The second-order valence-corrected chi connectivity index (χ2v) is 6.92. The number of aryl methyl sites for hydroxylation is 1. The Morgan fingerprint density at radius 2 is 2.20 bits per heavy atom. The molecule has 1 aliphatic heterocycles. The number of rotatable bonds is 6. The largest absolute Gasteiger partial charge is 0.481 e. The number of amides is 1. The third kappa shape index (κ3) is 3.90. The lowest BCUT2D eigenvalue weighted by Gasteiger charge is -2.16. The Kier molecular flexibility index (Phi) is 4.89. The maximum atomic E-state index is 12.2. The van der Waals surface area contributed by atoms with Gasteiger partial charge in [-0.2, -0.15) is 0 Å². The molecule has 3 N–H and O–H groups in total. The highest BCUT2D eigenvalue weighted by atomic mass is 32.2. The van der Waals surface area contributed by atoms with Gasteiger partial charge in [-0.3, -0.25) is 14.5 Å². The molecule has 0 saturated carbocycles. The second kappa shape index (κ2) is 7.10. The van der Waals surface area contributed by atoms with Crippen molar-refractivity contribution < 1.29 is 14.7 Å². The van der Waals surface area contributed by atoms with Crippen LogP contribution < -0.4 is 10.6 Å². The van der Waals surface area contributed by atoms with Crippen LogP contribution in [0.3, 0.4) is 0 Å². The van der Waals surface area contributed by atoms with Gasteiger partial charge in [0.2, 0.25) is 5.91 Å².